The predicted molar refractivity (Wildman–Crippen MR) is 119 cm³/mol. The Balaban J connectivity index is 1.83. The number of amides is 1. The van der Waals surface area contributed by atoms with E-state index >= 15 is 0 Å². The molecule has 0 radical (unpaired) electrons. The summed E-state index contributed by atoms with van der Waals surface area (Å²) < 4.78 is 15.1. The minimum Gasteiger partial charge on any atom is -0.333 e. The van der Waals surface area contributed by atoms with Gasteiger partial charge in [0.15, 0.2) is 0 Å². The molecule has 0 bridgehead atoms. The molecule has 6 heteroatoms. The molecule has 0 aliphatic rings. The van der Waals surface area contributed by atoms with Crippen LogP contribution in [0.3, 0.4) is 0 Å². The van der Waals surface area contributed by atoms with Crippen molar-refractivity contribution in [2.75, 3.05) is 6.54 Å². The molecule has 0 spiro atoms. The highest BCUT2D eigenvalue weighted by Gasteiger charge is 2.27. The van der Waals surface area contributed by atoms with Crippen LogP contribution in [0, 0.1) is 5.82 Å². The molecule has 0 unspecified atom stereocenters. The van der Waals surface area contributed by atoms with Crippen LogP contribution in [0.4, 0.5) is 4.39 Å². The molecule has 2 aromatic carbocycles. The lowest BCUT2D eigenvalue weighted by Crippen LogP contribution is -2.32. The van der Waals surface area contributed by atoms with Crippen LogP contribution >= 0.6 is 0 Å². The van der Waals surface area contributed by atoms with Gasteiger partial charge in [0.2, 0.25) is 0 Å². The van der Waals surface area contributed by atoms with E-state index in [9.17, 15) is 9.18 Å². The van der Waals surface area contributed by atoms with Gasteiger partial charge in [-0.15, -0.1) is 0 Å². The summed E-state index contributed by atoms with van der Waals surface area (Å²) in [6.45, 7) is 3.02. The number of carbonyl (C=O) groups is 1. The molecule has 0 fully saturated rings. The summed E-state index contributed by atoms with van der Waals surface area (Å²) in [5.74, 6) is -0.428. The molecule has 2 heterocycles. The quantitative estimate of drug-likeness (QED) is 0.449. The summed E-state index contributed by atoms with van der Waals surface area (Å²) in [6, 6.07) is 19.8. The number of nitrogens with zero attached hydrogens (tertiary/aromatic N) is 4. The fourth-order valence-corrected chi connectivity index (χ4v) is 3.65. The average Bonchev–Trinajstić information content (AvgIpc) is 3.15. The van der Waals surface area contributed by atoms with Gasteiger partial charge in [0.1, 0.15) is 17.2 Å². The first-order valence-electron chi connectivity index (χ1n) is 10.1. The molecule has 0 saturated carbocycles. The zero-order valence-corrected chi connectivity index (χ0v) is 17.5. The standard InChI is InChI=1S/C25H23FN4O/c1-3-30(17-18-7-5-4-6-8-18)25(31)24-22(19-13-15-27-16-14-19)23(28-29(24)2)20-9-11-21(26)12-10-20/h4-16H,3,17H2,1-2H3. The Kier molecular flexibility index (Phi) is 5.89. The lowest BCUT2D eigenvalue weighted by molar-refractivity contribution is 0.0742. The Labute approximate surface area is 180 Å². The maximum Gasteiger partial charge on any atom is 0.273 e. The second-order valence-corrected chi connectivity index (χ2v) is 7.24. The molecular formula is C25H23FN4O. The molecule has 156 valence electrons. The van der Waals surface area contributed by atoms with Crippen molar-refractivity contribution in [2.45, 2.75) is 13.5 Å². The number of hydrogen-bond acceptors (Lipinski definition) is 3. The molecule has 0 aliphatic carbocycles. The molecule has 0 aliphatic heterocycles. The highest BCUT2D eigenvalue weighted by Crippen LogP contribution is 2.35. The van der Waals surface area contributed by atoms with Gasteiger partial charge in [-0.2, -0.15) is 5.10 Å². The number of aryl methyl sites for hydroxylation is 1. The van der Waals surface area contributed by atoms with Crippen LogP contribution in [0.25, 0.3) is 22.4 Å². The van der Waals surface area contributed by atoms with E-state index in [-0.39, 0.29) is 11.7 Å². The lowest BCUT2D eigenvalue weighted by atomic mass is 9.99. The third-order valence-electron chi connectivity index (χ3n) is 5.22. The highest BCUT2D eigenvalue weighted by molar-refractivity contribution is 6.03. The molecule has 1 amide bonds. The summed E-state index contributed by atoms with van der Waals surface area (Å²) in [4.78, 5) is 19.6. The SMILES string of the molecule is CCN(Cc1ccccc1)C(=O)c1c(-c2ccncc2)c(-c2ccc(F)cc2)nn1C. The second kappa shape index (κ2) is 8.92. The number of rotatable bonds is 6. The van der Waals surface area contributed by atoms with E-state index in [1.807, 2.05) is 49.4 Å². The van der Waals surface area contributed by atoms with Gasteiger partial charge in [-0.1, -0.05) is 30.3 Å². The normalized spacial score (nSPS) is 10.8. The van der Waals surface area contributed by atoms with Gasteiger partial charge in [0.05, 0.1) is 0 Å². The fraction of sp³-hybridized carbons (Fsp3) is 0.160. The fourth-order valence-electron chi connectivity index (χ4n) is 3.65. The smallest absolute Gasteiger partial charge is 0.273 e. The Bertz CT molecular complexity index is 1170. The molecular weight excluding hydrogens is 391 g/mol. The van der Waals surface area contributed by atoms with Gasteiger partial charge in [-0.05, 0) is 54.4 Å². The molecule has 31 heavy (non-hydrogen) atoms. The van der Waals surface area contributed by atoms with E-state index < -0.39 is 0 Å². The van der Waals surface area contributed by atoms with Gasteiger partial charge in [-0.3, -0.25) is 14.5 Å². The second-order valence-electron chi connectivity index (χ2n) is 7.24. The van der Waals surface area contributed by atoms with Crippen molar-refractivity contribution in [3.05, 3.63) is 96.2 Å². The number of benzene rings is 2. The predicted octanol–water partition coefficient (Wildman–Crippen LogP) is 4.95. The molecule has 0 saturated heterocycles. The monoisotopic (exact) mass is 414 g/mol. The van der Waals surface area contributed by atoms with Gasteiger partial charge in [-0.25, -0.2) is 4.39 Å². The van der Waals surface area contributed by atoms with Crippen molar-refractivity contribution >= 4 is 5.91 Å². The summed E-state index contributed by atoms with van der Waals surface area (Å²) in [5, 5.41) is 4.66. The van der Waals surface area contributed by atoms with Crippen LogP contribution in [-0.2, 0) is 13.6 Å². The Morgan fingerprint density at radius 3 is 2.29 bits per heavy atom. The first-order chi connectivity index (χ1) is 15.1. The lowest BCUT2D eigenvalue weighted by Gasteiger charge is -2.22. The van der Waals surface area contributed by atoms with Crippen molar-refractivity contribution in [2.24, 2.45) is 7.05 Å². The first-order valence-corrected chi connectivity index (χ1v) is 10.1. The first kappa shape index (κ1) is 20.5. The van der Waals surface area contributed by atoms with E-state index in [2.05, 4.69) is 10.1 Å². The van der Waals surface area contributed by atoms with Gasteiger partial charge in [0, 0.05) is 43.7 Å². The third-order valence-corrected chi connectivity index (χ3v) is 5.22. The summed E-state index contributed by atoms with van der Waals surface area (Å²) in [7, 11) is 1.77. The molecule has 2 aromatic heterocycles. The van der Waals surface area contributed by atoms with Crippen molar-refractivity contribution in [3.8, 4) is 22.4 Å². The van der Waals surface area contributed by atoms with Crippen LogP contribution in [0.1, 0.15) is 23.0 Å². The highest BCUT2D eigenvalue weighted by atomic mass is 19.1. The minimum atomic E-state index is -0.318. The van der Waals surface area contributed by atoms with Crippen molar-refractivity contribution in [1.82, 2.24) is 19.7 Å². The average molecular weight is 414 g/mol. The van der Waals surface area contributed by atoms with E-state index in [0.717, 1.165) is 16.7 Å². The van der Waals surface area contributed by atoms with Crippen LogP contribution in [-0.4, -0.2) is 32.1 Å². The Hall–Kier alpha value is -3.80. The van der Waals surface area contributed by atoms with Gasteiger partial charge >= 0.3 is 0 Å². The van der Waals surface area contributed by atoms with Crippen molar-refractivity contribution < 1.29 is 9.18 Å². The Morgan fingerprint density at radius 2 is 1.65 bits per heavy atom. The largest absolute Gasteiger partial charge is 0.333 e. The zero-order valence-electron chi connectivity index (χ0n) is 17.5. The number of aromatic nitrogens is 3. The number of hydrogen-bond donors (Lipinski definition) is 0. The summed E-state index contributed by atoms with van der Waals surface area (Å²) in [5.41, 5.74) is 4.48. The number of carbonyl (C=O) groups excluding carboxylic acids is 1. The van der Waals surface area contributed by atoms with Crippen LogP contribution in [0.5, 0.6) is 0 Å². The maximum absolute atomic E-state index is 13.7. The van der Waals surface area contributed by atoms with Crippen LogP contribution < -0.4 is 0 Å². The molecule has 0 atom stereocenters. The molecule has 5 nitrogen and oxygen atoms in total. The maximum atomic E-state index is 13.7. The number of halogens is 1. The zero-order chi connectivity index (χ0) is 21.8. The molecule has 4 aromatic rings. The summed E-state index contributed by atoms with van der Waals surface area (Å²) >= 11 is 0. The molecule has 4 rings (SSSR count). The Morgan fingerprint density at radius 1 is 0.968 bits per heavy atom. The minimum absolute atomic E-state index is 0.110. The van der Waals surface area contributed by atoms with E-state index in [4.69, 9.17) is 0 Å². The van der Waals surface area contributed by atoms with E-state index in [1.54, 1.807) is 41.2 Å². The van der Waals surface area contributed by atoms with E-state index in [0.29, 0.717) is 30.0 Å². The van der Waals surface area contributed by atoms with Crippen LogP contribution in [0.2, 0.25) is 0 Å². The third kappa shape index (κ3) is 4.23. The molecule has 0 N–H and O–H groups in total. The van der Waals surface area contributed by atoms with Gasteiger partial charge < -0.3 is 4.90 Å². The topological polar surface area (TPSA) is 51.0 Å². The van der Waals surface area contributed by atoms with Crippen LogP contribution in [0.15, 0.2) is 79.1 Å². The number of pyridine rings is 1. The summed E-state index contributed by atoms with van der Waals surface area (Å²) in [6.07, 6.45) is 3.37. The van der Waals surface area contributed by atoms with Crippen molar-refractivity contribution in [3.63, 3.8) is 0 Å². The van der Waals surface area contributed by atoms with Crippen molar-refractivity contribution in [1.29, 1.82) is 0 Å². The van der Waals surface area contributed by atoms with Gasteiger partial charge in [0.25, 0.3) is 5.91 Å². The van der Waals surface area contributed by atoms with E-state index in [1.165, 1.54) is 12.1 Å².